The molecular formula is C20H23N3O2S. The Morgan fingerprint density at radius 2 is 1.85 bits per heavy atom. The van der Waals surface area contributed by atoms with Crippen molar-refractivity contribution >= 4 is 17.0 Å². The lowest BCUT2D eigenvalue weighted by molar-refractivity contribution is 0.299. The van der Waals surface area contributed by atoms with E-state index in [0.29, 0.717) is 11.3 Å². The Bertz CT molecular complexity index is 891. The van der Waals surface area contributed by atoms with Crippen LogP contribution < -0.4 is 4.72 Å². The first kappa shape index (κ1) is 18.5. The topological polar surface area (TPSA) is 73.1 Å². The number of anilines is 1. The second-order valence-corrected chi connectivity index (χ2v) is 7.45. The smallest absolute Gasteiger partial charge is 0.179 e. The fourth-order valence-electron chi connectivity index (χ4n) is 2.88. The number of rotatable bonds is 6. The number of hydrogen-bond donors (Lipinski definition) is 2. The molecule has 0 bridgehead atoms. The van der Waals surface area contributed by atoms with Gasteiger partial charge in [0.2, 0.25) is 0 Å². The van der Waals surface area contributed by atoms with E-state index in [1.807, 2.05) is 63.4 Å². The van der Waals surface area contributed by atoms with Gasteiger partial charge in [0.15, 0.2) is 4.90 Å². The molecule has 2 aromatic carbocycles. The van der Waals surface area contributed by atoms with Gasteiger partial charge >= 0.3 is 0 Å². The lowest BCUT2D eigenvalue weighted by Crippen LogP contribution is -2.14. The van der Waals surface area contributed by atoms with Gasteiger partial charge in [-0.3, -0.25) is 4.68 Å². The van der Waals surface area contributed by atoms with E-state index in [-0.39, 0.29) is 6.61 Å². The molecule has 1 unspecified atom stereocenters. The van der Waals surface area contributed by atoms with Crippen molar-refractivity contribution < 1.29 is 9.66 Å². The van der Waals surface area contributed by atoms with Crippen LogP contribution in [0.15, 0.2) is 53.4 Å². The number of benzene rings is 2. The molecule has 6 heteroatoms. The lowest BCUT2D eigenvalue weighted by Gasteiger charge is -2.12. The van der Waals surface area contributed by atoms with Crippen LogP contribution in [0.4, 0.5) is 5.69 Å². The van der Waals surface area contributed by atoms with Crippen LogP contribution in [0.2, 0.25) is 0 Å². The lowest BCUT2D eigenvalue weighted by atomic mass is 10.0. The highest BCUT2D eigenvalue weighted by Crippen LogP contribution is 2.25. The van der Waals surface area contributed by atoms with Gasteiger partial charge in [-0.05, 0) is 61.2 Å². The van der Waals surface area contributed by atoms with E-state index in [0.717, 1.165) is 33.8 Å². The summed E-state index contributed by atoms with van der Waals surface area (Å²) in [7, 11) is 1.87. The molecule has 0 radical (unpaired) electrons. The van der Waals surface area contributed by atoms with Crippen molar-refractivity contribution in [2.24, 2.45) is 7.05 Å². The molecule has 0 saturated carbocycles. The summed E-state index contributed by atoms with van der Waals surface area (Å²) < 4.78 is 17.5. The summed E-state index contributed by atoms with van der Waals surface area (Å²) in [5.41, 5.74) is 5.83. The molecule has 0 spiro atoms. The van der Waals surface area contributed by atoms with E-state index in [9.17, 15) is 4.55 Å². The molecule has 5 nitrogen and oxygen atoms in total. The largest absolute Gasteiger partial charge is 0.588 e. The Hall–Kier alpha value is -2.28. The molecular weight excluding hydrogens is 346 g/mol. The summed E-state index contributed by atoms with van der Waals surface area (Å²) in [5, 5.41) is 13.4. The fourth-order valence-corrected chi connectivity index (χ4v) is 3.86. The fraction of sp³-hybridized carbons (Fsp3) is 0.250. The number of aliphatic hydroxyl groups is 1. The van der Waals surface area contributed by atoms with Gasteiger partial charge in [0.25, 0.3) is 0 Å². The van der Waals surface area contributed by atoms with Crippen LogP contribution in [0.3, 0.4) is 0 Å². The highest BCUT2D eigenvalue weighted by molar-refractivity contribution is 7.92. The van der Waals surface area contributed by atoms with Crippen molar-refractivity contribution in [3.63, 3.8) is 0 Å². The number of hydrogen-bond acceptors (Lipinski definition) is 4. The molecule has 0 aliphatic carbocycles. The number of nitrogens with zero attached hydrogens (tertiary/aromatic N) is 2. The van der Waals surface area contributed by atoms with Crippen molar-refractivity contribution in [2.75, 3.05) is 11.3 Å². The maximum absolute atomic E-state index is 12.7. The Balaban J connectivity index is 1.77. The van der Waals surface area contributed by atoms with Crippen LogP contribution in [0.5, 0.6) is 0 Å². The summed E-state index contributed by atoms with van der Waals surface area (Å²) in [6.45, 7) is 3.98. The molecule has 3 rings (SSSR count). The molecule has 0 amide bonds. The molecule has 1 aromatic heterocycles. The predicted octanol–water partition coefficient (Wildman–Crippen LogP) is 3.37. The van der Waals surface area contributed by atoms with Crippen molar-refractivity contribution in [3.05, 3.63) is 65.5 Å². The van der Waals surface area contributed by atoms with Crippen molar-refractivity contribution in [1.29, 1.82) is 0 Å². The summed E-state index contributed by atoms with van der Waals surface area (Å²) >= 11 is -1.35. The van der Waals surface area contributed by atoms with Gasteiger partial charge in [-0.1, -0.05) is 24.3 Å². The molecule has 1 atom stereocenters. The molecule has 26 heavy (non-hydrogen) atoms. The number of aryl methyl sites for hydroxylation is 2. The van der Waals surface area contributed by atoms with E-state index in [4.69, 9.17) is 5.11 Å². The minimum absolute atomic E-state index is 0.139. The number of aliphatic hydroxyl groups excluding tert-OH is 1. The SMILES string of the molecule is Cc1nn(C)c(C)c1N[S+]([O-])c1ccc(-c2cccc(CCO)c2)cc1. The van der Waals surface area contributed by atoms with Crippen molar-refractivity contribution in [2.45, 2.75) is 25.2 Å². The van der Waals surface area contributed by atoms with Gasteiger partial charge in [-0.15, -0.1) is 0 Å². The second-order valence-electron chi connectivity index (χ2n) is 6.24. The molecule has 0 aliphatic rings. The van der Waals surface area contributed by atoms with Gasteiger partial charge in [0, 0.05) is 13.7 Å². The first-order valence-corrected chi connectivity index (χ1v) is 9.63. The summed E-state index contributed by atoms with van der Waals surface area (Å²) in [5.74, 6) is 0. The van der Waals surface area contributed by atoms with Crippen LogP contribution in [0.25, 0.3) is 11.1 Å². The third-order valence-corrected chi connectivity index (χ3v) is 5.52. The monoisotopic (exact) mass is 369 g/mol. The van der Waals surface area contributed by atoms with Gasteiger partial charge in [-0.25, -0.2) is 0 Å². The van der Waals surface area contributed by atoms with Gasteiger partial charge in [0.05, 0.1) is 11.4 Å². The third-order valence-electron chi connectivity index (χ3n) is 4.43. The maximum atomic E-state index is 12.7. The van der Waals surface area contributed by atoms with Crippen LogP contribution in [0.1, 0.15) is 17.0 Å². The molecule has 1 heterocycles. The summed E-state index contributed by atoms with van der Waals surface area (Å²) in [6, 6.07) is 15.8. The van der Waals surface area contributed by atoms with E-state index in [2.05, 4.69) is 15.9 Å². The Morgan fingerprint density at radius 3 is 2.46 bits per heavy atom. The van der Waals surface area contributed by atoms with Crippen LogP contribution in [-0.2, 0) is 24.8 Å². The van der Waals surface area contributed by atoms with E-state index >= 15 is 0 Å². The predicted molar refractivity (Wildman–Crippen MR) is 105 cm³/mol. The summed E-state index contributed by atoms with van der Waals surface area (Å²) in [6.07, 6.45) is 0.643. The Kier molecular flexibility index (Phi) is 5.66. The number of nitrogens with one attached hydrogen (secondary N) is 1. The van der Waals surface area contributed by atoms with E-state index in [1.165, 1.54) is 0 Å². The average molecular weight is 369 g/mol. The normalized spacial score (nSPS) is 12.2. The quantitative estimate of drug-likeness (QED) is 0.654. The van der Waals surface area contributed by atoms with Crippen molar-refractivity contribution in [3.8, 4) is 11.1 Å². The zero-order valence-corrected chi connectivity index (χ0v) is 16.0. The molecule has 3 aromatic rings. The second kappa shape index (κ2) is 7.95. The van der Waals surface area contributed by atoms with E-state index in [1.54, 1.807) is 4.68 Å². The van der Waals surface area contributed by atoms with Gasteiger partial charge in [0.1, 0.15) is 17.0 Å². The minimum Gasteiger partial charge on any atom is -0.588 e. The molecule has 2 N–H and O–H groups in total. The van der Waals surface area contributed by atoms with Crippen LogP contribution in [0, 0.1) is 13.8 Å². The van der Waals surface area contributed by atoms with Crippen molar-refractivity contribution in [1.82, 2.24) is 9.78 Å². The highest BCUT2D eigenvalue weighted by atomic mass is 32.2. The zero-order chi connectivity index (χ0) is 18.7. The molecule has 0 saturated heterocycles. The molecule has 136 valence electrons. The third kappa shape index (κ3) is 3.93. The summed E-state index contributed by atoms with van der Waals surface area (Å²) in [4.78, 5) is 0.711. The standard InChI is InChI=1S/C20H23N3O2S/c1-14-20(15(2)23(3)21-14)22-26(25)19-9-7-17(8-10-19)18-6-4-5-16(13-18)11-12-24/h4-10,13,22,24H,11-12H2,1-3H3. The van der Waals surface area contributed by atoms with Gasteiger partial charge < -0.3 is 9.66 Å². The minimum atomic E-state index is -1.35. The van der Waals surface area contributed by atoms with Gasteiger partial charge in [-0.2, -0.15) is 9.82 Å². The first-order valence-electron chi connectivity index (χ1n) is 8.48. The molecule has 0 fully saturated rings. The first-order chi connectivity index (χ1) is 12.5. The highest BCUT2D eigenvalue weighted by Gasteiger charge is 2.18. The van der Waals surface area contributed by atoms with E-state index < -0.39 is 11.4 Å². The van der Waals surface area contributed by atoms with Crippen LogP contribution >= 0.6 is 0 Å². The Morgan fingerprint density at radius 1 is 1.12 bits per heavy atom. The average Bonchev–Trinajstić information content (AvgIpc) is 2.88. The zero-order valence-electron chi connectivity index (χ0n) is 15.2. The maximum Gasteiger partial charge on any atom is 0.179 e. The number of aromatic nitrogens is 2. The molecule has 0 aliphatic heterocycles. The Labute approximate surface area is 157 Å². The van der Waals surface area contributed by atoms with Crippen LogP contribution in [-0.4, -0.2) is 26.0 Å².